The Kier molecular flexibility index (Phi) is 7.75. The second-order valence-corrected chi connectivity index (χ2v) is 8.25. The SMILES string of the molecule is CCC[C@H](O)c1nc2ccccc2nc1/C=C/[C@H]1OC(C)(C)O[C@H]1CCCC(=O)OC. The number of aliphatic hydroxyl groups is 1. The molecule has 3 rings (SSSR count). The van der Waals surface area contributed by atoms with Crippen LogP contribution in [0.3, 0.4) is 0 Å². The zero-order valence-electron chi connectivity index (χ0n) is 18.7. The van der Waals surface area contributed by atoms with Crippen LogP contribution in [0.25, 0.3) is 17.1 Å². The molecule has 0 spiro atoms. The lowest BCUT2D eigenvalue weighted by Crippen LogP contribution is -2.21. The van der Waals surface area contributed by atoms with Crippen LogP contribution >= 0.6 is 0 Å². The molecule has 0 saturated carbocycles. The standard InChI is InChI=1S/C24H32N2O5/c1-5-9-19(27)23-18(25-16-10-6-7-11-17(16)26-23)14-15-21-20(30-24(2,3)31-21)12-8-13-22(28)29-4/h6-7,10-11,14-15,19-21,27H,5,8-9,12-13H2,1-4H3/b15-14+/t19-,20-,21+/m0/s1. The van der Waals surface area contributed by atoms with Gasteiger partial charge < -0.3 is 19.3 Å². The minimum Gasteiger partial charge on any atom is -0.469 e. The number of esters is 1. The number of benzene rings is 1. The molecule has 0 radical (unpaired) electrons. The number of aromatic nitrogens is 2. The molecule has 7 heteroatoms. The molecule has 0 bridgehead atoms. The van der Waals surface area contributed by atoms with Crippen molar-refractivity contribution in [2.45, 2.75) is 77.0 Å². The normalized spacial score (nSPS) is 21.6. The van der Waals surface area contributed by atoms with Crippen LogP contribution in [0.5, 0.6) is 0 Å². The Morgan fingerprint density at radius 1 is 1.26 bits per heavy atom. The van der Waals surface area contributed by atoms with Gasteiger partial charge in [0.15, 0.2) is 5.79 Å². The molecule has 1 aromatic carbocycles. The predicted octanol–water partition coefficient (Wildman–Crippen LogP) is 4.34. The summed E-state index contributed by atoms with van der Waals surface area (Å²) in [5.41, 5.74) is 2.72. The Balaban J connectivity index is 1.83. The Morgan fingerprint density at radius 2 is 1.97 bits per heavy atom. The van der Waals surface area contributed by atoms with Crippen LogP contribution in [0.4, 0.5) is 0 Å². The van der Waals surface area contributed by atoms with Gasteiger partial charge in [0.2, 0.25) is 0 Å². The molecule has 2 aromatic rings. The van der Waals surface area contributed by atoms with Crippen LogP contribution in [-0.4, -0.2) is 46.1 Å². The Bertz CT molecular complexity index is 927. The Labute approximate surface area is 183 Å². The van der Waals surface area contributed by atoms with E-state index in [0.717, 1.165) is 17.5 Å². The van der Waals surface area contributed by atoms with Gasteiger partial charge in [-0.1, -0.05) is 31.6 Å². The largest absolute Gasteiger partial charge is 0.469 e. The average Bonchev–Trinajstić information content (AvgIpc) is 3.04. The number of carbonyl (C=O) groups is 1. The van der Waals surface area contributed by atoms with Crippen LogP contribution in [0, 0.1) is 0 Å². The van der Waals surface area contributed by atoms with Crippen molar-refractivity contribution in [1.29, 1.82) is 0 Å². The van der Waals surface area contributed by atoms with Crippen molar-refractivity contribution in [3.8, 4) is 0 Å². The number of hydrogen-bond donors (Lipinski definition) is 1. The fourth-order valence-electron chi connectivity index (χ4n) is 3.79. The van der Waals surface area contributed by atoms with E-state index in [1.54, 1.807) is 0 Å². The third-order valence-corrected chi connectivity index (χ3v) is 5.27. The zero-order chi connectivity index (χ0) is 22.4. The molecule has 1 N–H and O–H groups in total. The number of fused-ring (bicyclic) bond motifs is 1. The summed E-state index contributed by atoms with van der Waals surface area (Å²) in [6, 6.07) is 7.63. The first kappa shape index (κ1) is 23.3. The molecule has 0 unspecified atom stereocenters. The molecule has 1 aromatic heterocycles. The molecule has 31 heavy (non-hydrogen) atoms. The van der Waals surface area contributed by atoms with E-state index >= 15 is 0 Å². The fourth-order valence-corrected chi connectivity index (χ4v) is 3.79. The van der Waals surface area contributed by atoms with Crippen LogP contribution in [-0.2, 0) is 19.0 Å². The van der Waals surface area contributed by atoms with Crippen LogP contribution in [0.2, 0.25) is 0 Å². The van der Waals surface area contributed by atoms with Crippen molar-refractivity contribution < 1.29 is 24.1 Å². The molecule has 1 fully saturated rings. The van der Waals surface area contributed by atoms with E-state index in [1.807, 2.05) is 57.2 Å². The molecule has 0 aliphatic carbocycles. The van der Waals surface area contributed by atoms with Crippen LogP contribution in [0.1, 0.15) is 70.4 Å². The van der Waals surface area contributed by atoms with Crippen molar-refractivity contribution in [3.63, 3.8) is 0 Å². The van der Waals surface area contributed by atoms with E-state index in [0.29, 0.717) is 37.1 Å². The van der Waals surface area contributed by atoms with Crippen molar-refractivity contribution in [1.82, 2.24) is 9.97 Å². The predicted molar refractivity (Wildman–Crippen MR) is 118 cm³/mol. The first-order chi connectivity index (χ1) is 14.8. The minimum absolute atomic E-state index is 0.187. The fraction of sp³-hybridized carbons (Fsp3) is 0.542. The van der Waals surface area contributed by atoms with E-state index in [9.17, 15) is 9.90 Å². The molecule has 1 aliphatic heterocycles. The number of nitrogens with zero attached hydrogens (tertiary/aromatic N) is 2. The van der Waals surface area contributed by atoms with E-state index in [4.69, 9.17) is 19.2 Å². The highest BCUT2D eigenvalue weighted by atomic mass is 16.7. The van der Waals surface area contributed by atoms with Gasteiger partial charge in [-0.05, 0) is 51.3 Å². The number of para-hydroxylation sites is 2. The first-order valence-electron chi connectivity index (χ1n) is 10.9. The summed E-state index contributed by atoms with van der Waals surface area (Å²) in [6.45, 7) is 5.78. The molecule has 3 atom stereocenters. The van der Waals surface area contributed by atoms with Crippen LogP contribution < -0.4 is 0 Å². The molecule has 0 amide bonds. The summed E-state index contributed by atoms with van der Waals surface area (Å²) in [7, 11) is 1.39. The topological polar surface area (TPSA) is 90.8 Å². The maximum Gasteiger partial charge on any atom is 0.305 e. The quantitative estimate of drug-likeness (QED) is 0.594. The lowest BCUT2D eigenvalue weighted by Gasteiger charge is -2.16. The molecular weight excluding hydrogens is 396 g/mol. The van der Waals surface area contributed by atoms with Crippen molar-refractivity contribution in [2.24, 2.45) is 0 Å². The van der Waals surface area contributed by atoms with Gasteiger partial charge in [-0.2, -0.15) is 0 Å². The molecule has 1 aliphatic rings. The van der Waals surface area contributed by atoms with Crippen molar-refractivity contribution in [3.05, 3.63) is 41.7 Å². The molecule has 1 saturated heterocycles. The lowest BCUT2D eigenvalue weighted by atomic mass is 10.0. The number of aliphatic hydroxyl groups excluding tert-OH is 1. The third kappa shape index (κ3) is 6.09. The summed E-state index contributed by atoms with van der Waals surface area (Å²) in [5, 5.41) is 10.6. The first-order valence-corrected chi connectivity index (χ1v) is 10.9. The second kappa shape index (κ2) is 10.3. The summed E-state index contributed by atoms with van der Waals surface area (Å²) in [6.07, 6.45) is 5.72. The van der Waals surface area contributed by atoms with E-state index in [2.05, 4.69) is 4.98 Å². The summed E-state index contributed by atoms with van der Waals surface area (Å²) in [5.74, 6) is -0.948. The number of ether oxygens (including phenoxy) is 3. The highest BCUT2D eigenvalue weighted by Gasteiger charge is 2.39. The van der Waals surface area contributed by atoms with Gasteiger partial charge in [0.1, 0.15) is 6.10 Å². The molecule has 2 heterocycles. The average molecular weight is 429 g/mol. The highest BCUT2D eigenvalue weighted by Crippen LogP contribution is 2.32. The Morgan fingerprint density at radius 3 is 2.65 bits per heavy atom. The van der Waals surface area contributed by atoms with E-state index in [-0.39, 0.29) is 18.2 Å². The number of carbonyl (C=O) groups excluding carboxylic acids is 1. The highest BCUT2D eigenvalue weighted by molar-refractivity contribution is 5.75. The van der Waals surface area contributed by atoms with E-state index < -0.39 is 11.9 Å². The number of hydrogen-bond acceptors (Lipinski definition) is 7. The van der Waals surface area contributed by atoms with Gasteiger partial charge >= 0.3 is 5.97 Å². The lowest BCUT2D eigenvalue weighted by molar-refractivity contribution is -0.144. The number of methoxy groups -OCH3 is 1. The summed E-state index contributed by atoms with van der Waals surface area (Å²) >= 11 is 0. The van der Waals surface area contributed by atoms with Gasteiger partial charge in [-0.3, -0.25) is 4.79 Å². The maximum absolute atomic E-state index is 11.4. The number of rotatable bonds is 9. The van der Waals surface area contributed by atoms with Crippen molar-refractivity contribution in [2.75, 3.05) is 7.11 Å². The maximum atomic E-state index is 11.4. The van der Waals surface area contributed by atoms with Gasteiger partial charge in [0.05, 0.1) is 41.7 Å². The third-order valence-electron chi connectivity index (χ3n) is 5.27. The summed E-state index contributed by atoms with van der Waals surface area (Å²) in [4.78, 5) is 20.8. The van der Waals surface area contributed by atoms with Gasteiger partial charge in [-0.25, -0.2) is 9.97 Å². The zero-order valence-corrected chi connectivity index (χ0v) is 18.7. The van der Waals surface area contributed by atoms with Gasteiger partial charge in [0.25, 0.3) is 0 Å². The smallest absolute Gasteiger partial charge is 0.305 e. The van der Waals surface area contributed by atoms with Crippen molar-refractivity contribution >= 4 is 23.1 Å². The molecule has 7 nitrogen and oxygen atoms in total. The molecule has 168 valence electrons. The van der Waals surface area contributed by atoms with E-state index in [1.165, 1.54) is 7.11 Å². The Hall–Kier alpha value is -2.35. The summed E-state index contributed by atoms with van der Waals surface area (Å²) < 4.78 is 16.8. The second-order valence-electron chi connectivity index (χ2n) is 8.25. The van der Waals surface area contributed by atoms with Gasteiger partial charge in [0, 0.05) is 6.42 Å². The minimum atomic E-state index is -0.718. The van der Waals surface area contributed by atoms with Gasteiger partial charge in [-0.15, -0.1) is 0 Å². The molecular formula is C24H32N2O5. The monoisotopic (exact) mass is 428 g/mol. The van der Waals surface area contributed by atoms with Crippen LogP contribution in [0.15, 0.2) is 30.3 Å².